The van der Waals surface area contributed by atoms with Crippen LogP contribution in [0, 0.1) is 5.92 Å². The lowest BCUT2D eigenvalue weighted by Gasteiger charge is -2.22. The number of nitrogens with one attached hydrogen (secondary N) is 1. The van der Waals surface area contributed by atoms with E-state index in [1.807, 2.05) is 7.05 Å². The molecule has 0 aliphatic heterocycles. The highest BCUT2D eigenvalue weighted by Crippen LogP contribution is 2.29. The Morgan fingerprint density at radius 3 is 2.36 bits per heavy atom. The van der Waals surface area contributed by atoms with E-state index in [0.29, 0.717) is 6.04 Å². The first-order valence-electron chi connectivity index (χ1n) is 4.58. The van der Waals surface area contributed by atoms with Gasteiger partial charge >= 0.3 is 0 Å². The number of rotatable bonds is 3. The number of likely N-dealkylation sites (N-methyl/N-ethyl adjacent to an activating group) is 1. The fourth-order valence-corrected chi connectivity index (χ4v) is 2.18. The van der Waals surface area contributed by atoms with E-state index < -0.39 is 0 Å². The Balaban J connectivity index is 2.46. The first-order valence-corrected chi connectivity index (χ1v) is 4.58. The molecule has 0 spiro atoms. The van der Waals surface area contributed by atoms with E-state index in [1.54, 1.807) is 0 Å². The molecule has 1 atom stereocenters. The van der Waals surface area contributed by atoms with Gasteiger partial charge in [0.05, 0.1) is 0 Å². The molecule has 1 unspecified atom stereocenters. The SMILES string of the molecule is C=C(C)C(NC)C1CCCC1. The lowest BCUT2D eigenvalue weighted by molar-refractivity contribution is 0.423. The maximum absolute atomic E-state index is 4.01. The molecule has 0 aromatic carbocycles. The molecule has 64 valence electrons. The van der Waals surface area contributed by atoms with Crippen LogP contribution in [0.4, 0.5) is 0 Å². The first kappa shape index (κ1) is 8.79. The minimum Gasteiger partial charge on any atom is -0.313 e. The molecule has 1 heteroatoms. The third-order valence-corrected chi connectivity index (χ3v) is 2.71. The quantitative estimate of drug-likeness (QED) is 0.614. The summed E-state index contributed by atoms with van der Waals surface area (Å²) >= 11 is 0. The van der Waals surface area contributed by atoms with Crippen molar-refractivity contribution in [2.45, 2.75) is 38.6 Å². The zero-order chi connectivity index (χ0) is 8.27. The van der Waals surface area contributed by atoms with Crippen LogP contribution >= 0.6 is 0 Å². The summed E-state index contributed by atoms with van der Waals surface area (Å²) in [5, 5.41) is 3.34. The second kappa shape index (κ2) is 3.91. The van der Waals surface area contributed by atoms with E-state index >= 15 is 0 Å². The molecule has 0 saturated heterocycles. The molecule has 1 aliphatic carbocycles. The van der Waals surface area contributed by atoms with Crippen molar-refractivity contribution in [1.82, 2.24) is 5.32 Å². The van der Waals surface area contributed by atoms with Crippen LogP contribution < -0.4 is 5.32 Å². The van der Waals surface area contributed by atoms with Gasteiger partial charge in [0.1, 0.15) is 0 Å². The van der Waals surface area contributed by atoms with Crippen LogP contribution in [0.15, 0.2) is 12.2 Å². The molecule has 0 aromatic heterocycles. The van der Waals surface area contributed by atoms with Gasteiger partial charge in [0.15, 0.2) is 0 Å². The Labute approximate surface area is 69.9 Å². The Hall–Kier alpha value is -0.300. The molecule has 0 aromatic rings. The van der Waals surface area contributed by atoms with Gasteiger partial charge in [0.25, 0.3) is 0 Å². The molecule has 0 amide bonds. The molecular weight excluding hydrogens is 134 g/mol. The molecule has 1 fully saturated rings. The van der Waals surface area contributed by atoms with Gasteiger partial charge in [-0.2, -0.15) is 0 Å². The lowest BCUT2D eigenvalue weighted by Crippen LogP contribution is -2.32. The van der Waals surface area contributed by atoms with Crippen LogP contribution in [-0.2, 0) is 0 Å². The van der Waals surface area contributed by atoms with E-state index in [9.17, 15) is 0 Å². The minimum atomic E-state index is 0.567. The van der Waals surface area contributed by atoms with Crippen molar-refractivity contribution < 1.29 is 0 Å². The van der Waals surface area contributed by atoms with Gasteiger partial charge in [0.2, 0.25) is 0 Å². The molecule has 0 bridgehead atoms. The van der Waals surface area contributed by atoms with Crippen LogP contribution in [0.5, 0.6) is 0 Å². The van der Waals surface area contributed by atoms with Crippen LogP contribution in [0.25, 0.3) is 0 Å². The molecule has 1 aliphatic rings. The van der Waals surface area contributed by atoms with E-state index in [0.717, 1.165) is 5.92 Å². The molecule has 1 nitrogen and oxygen atoms in total. The van der Waals surface area contributed by atoms with Crippen molar-refractivity contribution in [2.75, 3.05) is 7.05 Å². The van der Waals surface area contributed by atoms with Crippen LogP contribution in [0.3, 0.4) is 0 Å². The second-order valence-corrected chi connectivity index (χ2v) is 3.66. The van der Waals surface area contributed by atoms with Crippen LogP contribution in [0.1, 0.15) is 32.6 Å². The summed E-state index contributed by atoms with van der Waals surface area (Å²) in [5.74, 6) is 0.859. The average Bonchev–Trinajstić information content (AvgIpc) is 2.40. The summed E-state index contributed by atoms with van der Waals surface area (Å²) < 4.78 is 0. The van der Waals surface area contributed by atoms with E-state index in [4.69, 9.17) is 0 Å². The van der Waals surface area contributed by atoms with Crippen molar-refractivity contribution in [3.05, 3.63) is 12.2 Å². The Morgan fingerprint density at radius 2 is 2.00 bits per heavy atom. The monoisotopic (exact) mass is 153 g/mol. The molecular formula is C10H19N. The summed E-state index contributed by atoms with van der Waals surface area (Å²) in [6.07, 6.45) is 5.60. The van der Waals surface area contributed by atoms with E-state index in [1.165, 1.54) is 31.3 Å². The number of hydrogen-bond acceptors (Lipinski definition) is 1. The van der Waals surface area contributed by atoms with E-state index in [2.05, 4.69) is 18.8 Å². The van der Waals surface area contributed by atoms with Crippen molar-refractivity contribution in [3.63, 3.8) is 0 Å². The minimum absolute atomic E-state index is 0.567. The van der Waals surface area contributed by atoms with Gasteiger partial charge < -0.3 is 5.32 Å². The lowest BCUT2D eigenvalue weighted by atomic mass is 9.93. The highest BCUT2D eigenvalue weighted by atomic mass is 14.9. The predicted molar refractivity (Wildman–Crippen MR) is 49.6 cm³/mol. The van der Waals surface area contributed by atoms with Crippen molar-refractivity contribution in [1.29, 1.82) is 0 Å². The van der Waals surface area contributed by atoms with Gasteiger partial charge in [-0.05, 0) is 32.7 Å². The summed E-state index contributed by atoms with van der Waals surface area (Å²) in [6.45, 7) is 6.13. The third-order valence-electron chi connectivity index (χ3n) is 2.71. The zero-order valence-corrected chi connectivity index (χ0v) is 7.69. The van der Waals surface area contributed by atoms with Gasteiger partial charge in [-0.1, -0.05) is 25.0 Å². The van der Waals surface area contributed by atoms with Gasteiger partial charge in [-0.25, -0.2) is 0 Å². The van der Waals surface area contributed by atoms with Gasteiger partial charge in [-0.3, -0.25) is 0 Å². The third kappa shape index (κ3) is 2.06. The van der Waals surface area contributed by atoms with Crippen molar-refractivity contribution >= 4 is 0 Å². The summed E-state index contributed by atoms with van der Waals surface area (Å²) in [5.41, 5.74) is 1.29. The maximum Gasteiger partial charge on any atom is 0.0299 e. The van der Waals surface area contributed by atoms with Gasteiger partial charge in [0, 0.05) is 6.04 Å². The maximum atomic E-state index is 4.01. The molecule has 1 saturated carbocycles. The zero-order valence-electron chi connectivity index (χ0n) is 7.69. The van der Waals surface area contributed by atoms with Crippen molar-refractivity contribution in [3.8, 4) is 0 Å². The van der Waals surface area contributed by atoms with Crippen LogP contribution in [0.2, 0.25) is 0 Å². The molecule has 0 heterocycles. The molecule has 1 rings (SSSR count). The summed E-state index contributed by atoms with van der Waals surface area (Å²) in [6, 6.07) is 0.567. The second-order valence-electron chi connectivity index (χ2n) is 3.66. The van der Waals surface area contributed by atoms with Gasteiger partial charge in [-0.15, -0.1) is 0 Å². The fraction of sp³-hybridized carbons (Fsp3) is 0.800. The highest BCUT2D eigenvalue weighted by molar-refractivity contribution is 5.04. The number of hydrogen-bond donors (Lipinski definition) is 1. The largest absolute Gasteiger partial charge is 0.313 e. The summed E-state index contributed by atoms with van der Waals surface area (Å²) in [7, 11) is 2.04. The Kier molecular flexibility index (Phi) is 3.13. The predicted octanol–water partition coefficient (Wildman–Crippen LogP) is 2.34. The molecule has 0 radical (unpaired) electrons. The standard InChI is InChI=1S/C10H19N/c1-8(2)10(11-3)9-6-4-5-7-9/h9-11H,1,4-7H2,2-3H3. The Morgan fingerprint density at radius 1 is 1.45 bits per heavy atom. The fourth-order valence-electron chi connectivity index (χ4n) is 2.18. The van der Waals surface area contributed by atoms with E-state index in [-0.39, 0.29) is 0 Å². The van der Waals surface area contributed by atoms with Crippen molar-refractivity contribution in [2.24, 2.45) is 5.92 Å². The molecule has 1 N–H and O–H groups in total. The smallest absolute Gasteiger partial charge is 0.0299 e. The normalized spacial score (nSPS) is 22.0. The average molecular weight is 153 g/mol. The highest BCUT2D eigenvalue weighted by Gasteiger charge is 2.23. The van der Waals surface area contributed by atoms with Crippen LogP contribution in [-0.4, -0.2) is 13.1 Å². The molecule has 11 heavy (non-hydrogen) atoms. The Bertz CT molecular complexity index is 134. The first-order chi connectivity index (χ1) is 5.25. The topological polar surface area (TPSA) is 12.0 Å². The summed E-state index contributed by atoms with van der Waals surface area (Å²) in [4.78, 5) is 0.